The summed E-state index contributed by atoms with van der Waals surface area (Å²) in [7, 11) is 0. The van der Waals surface area contributed by atoms with Crippen LogP contribution in [0.15, 0.2) is 36.4 Å². The van der Waals surface area contributed by atoms with E-state index in [-0.39, 0.29) is 18.6 Å². The van der Waals surface area contributed by atoms with E-state index in [1.165, 1.54) is 0 Å². The number of amides is 1. The molecule has 5 nitrogen and oxygen atoms in total. The van der Waals surface area contributed by atoms with Gasteiger partial charge in [0.1, 0.15) is 23.4 Å². The molecule has 1 unspecified atom stereocenters. The second-order valence-corrected chi connectivity index (χ2v) is 6.20. The lowest BCUT2D eigenvalue weighted by molar-refractivity contribution is -0.118. The molecule has 132 valence electrons. The van der Waals surface area contributed by atoms with E-state index in [2.05, 4.69) is 5.32 Å². The van der Waals surface area contributed by atoms with Crippen LogP contribution < -0.4 is 19.5 Å². The maximum Gasteiger partial charge on any atom is 0.262 e. The largest absolute Gasteiger partial charge is 0.492 e. The van der Waals surface area contributed by atoms with Gasteiger partial charge in [-0.05, 0) is 32.0 Å². The summed E-state index contributed by atoms with van der Waals surface area (Å²) in [6.07, 6.45) is 0.957. The number of hydrogen-bond acceptors (Lipinski definition) is 4. The van der Waals surface area contributed by atoms with Gasteiger partial charge in [0.2, 0.25) is 0 Å². The third-order valence-corrected chi connectivity index (χ3v) is 4.08. The Morgan fingerprint density at radius 2 is 2.08 bits per heavy atom. The van der Waals surface area contributed by atoms with E-state index in [1.54, 1.807) is 30.3 Å². The first-order valence-corrected chi connectivity index (χ1v) is 8.58. The molecule has 1 aliphatic heterocycles. The molecule has 1 N–H and O–H groups in total. The highest BCUT2D eigenvalue weighted by atomic mass is 35.5. The molecule has 0 aliphatic carbocycles. The summed E-state index contributed by atoms with van der Waals surface area (Å²) >= 11 is 6.02. The highest BCUT2D eigenvalue weighted by Gasteiger charge is 2.22. The number of nitrogens with one attached hydrogen (secondary N) is 1. The second-order valence-electron chi connectivity index (χ2n) is 5.79. The molecule has 25 heavy (non-hydrogen) atoms. The molecule has 0 radical (unpaired) electrons. The van der Waals surface area contributed by atoms with Crippen molar-refractivity contribution in [3.05, 3.63) is 47.0 Å². The van der Waals surface area contributed by atoms with E-state index >= 15 is 0 Å². The van der Waals surface area contributed by atoms with Crippen LogP contribution in [0.3, 0.4) is 0 Å². The Balaban J connectivity index is 1.70. The number of carbonyl (C=O) groups is 1. The van der Waals surface area contributed by atoms with Gasteiger partial charge in [-0.15, -0.1) is 0 Å². The minimum absolute atomic E-state index is 0.124. The topological polar surface area (TPSA) is 56.8 Å². The number of rotatable bonds is 6. The maximum absolute atomic E-state index is 12.2. The van der Waals surface area contributed by atoms with Crippen molar-refractivity contribution in [1.29, 1.82) is 0 Å². The summed E-state index contributed by atoms with van der Waals surface area (Å²) in [5, 5.41) is 3.28. The molecular weight excluding hydrogens is 342 g/mol. The van der Waals surface area contributed by atoms with E-state index in [1.807, 2.05) is 19.9 Å². The van der Waals surface area contributed by atoms with E-state index < -0.39 is 0 Å². The number of ether oxygens (including phenoxy) is 3. The Morgan fingerprint density at radius 3 is 2.84 bits per heavy atom. The van der Waals surface area contributed by atoms with Gasteiger partial charge in [0, 0.05) is 18.1 Å². The molecule has 0 fully saturated rings. The fourth-order valence-corrected chi connectivity index (χ4v) is 2.89. The van der Waals surface area contributed by atoms with Crippen LogP contribution in [0, 0.1) is 0 Å². The van der Waals surface area contributed by atoms with Crippen molar-refractivity contribution in [2.45, 2.75) is 26.4 Å². The lowest BCUT2D eigenvalue weighted by Crippen LogP contribution is -2.20. The molecule has 1 heterocycles. The molecule has 1 amide bonds. The number of para-hydroxylation sites is 1. The van der Waals surface area contributed by atoms with Crippen LogP contribution >= 0.6 is 11.6 Å². The summed E-state index contributed by atoms with van der Waals surface area (Å²) in [4.78, 5) is 12.2. The Hall–Kier alpha value is -2.40. The van der Waals surface area contributed by atoms with Crippen molar-refractivity contribution in [3.63, 3.8) is 0 Å². The van der Waals surface area contributed by atoms with Gasteiger partial charge < -0.3 is 19.5 Å². The molecule has 0 saturated carbocycles. The van der Waals surface area contributed by atoms with Crippen LogP contribution in [0.2, 0.25) is 5.02 Å². The molecule has 2 aromatic carbocycles. The van der Waals surface area contributed by atoms with Gasteiger partial charge in [-0.1, -0.05) is 23.7 Å². The zero-order valence-electron chi connectivity index (χ0n) is 14.2. The summed E-state index contributed by atoms with van der Waals surface area (Å²) in [5.41, 5.74) is 1.66. The predicted octanol–water partition coefficient (Wildman–Crippen LogP) is 4.08. The molecule has 6 heteroatoms. The van der Waals surface area contributed by atoms with E-state index in [4.69, 9.17) is 25.8 Å². The Morgan fingerprint density at radius 1 is 1.28 bits per heavy atom. The minimum atomic E-state index is -0.299. The molecule has 1 aliphatic rings. The summed E-state index contributed by atoms with van der Waals surface area (Å²) in [6.45, 7) is 4.27. The number of anilines is 1. The van der Waals surface area contributed by atoms with Crippen LogP contribution in [0.5, 0.6) is 17.2 Å². The fourth-order valence-electron chi connectivity index (χ4n) is 2.70. The fraction of sp³-hybridized carbons (Fsp3) is 0.316. The number of halogens is 1. The molecular formula is C19H20ClNO4. The number of hydrogen-bond donors (Lipinski definition) is 1. The SMILES string of the molecule is CCOc1cc2c(cc1NC(=O)COc1ccccc1Cl)OC(C)C2. The van der Waals surface area contributed by atoms with Crippen LogP contribution in [0.4, 0.5) is 5.69 Å². The highest BCUT2D eigenvalue weighted by Crippen LogP contribution is 2.38. The zero-order valence-corrected chi connectivity index (χ0v) is 14.9. The number of benzene rings is 2. The van der Waals surface area contributed by atoms with Crippen LogP contribution in [0.1, 0.15) is 19.4 Å². The van der Waals surface area contributed by atoms with E-state index in [0.29, 0.717) is 28.8 Å². The molecule has 3 rings (SSSR count). The average molecular weight is 362 g/mol. The lowest BCUT2D eigenvalue weighted by atomic mass is 10.1. The highest BCUT2D eigenvalue weighted by molar-refractivity contribution is 6.32. The predicted molar refractivity (Wildman–Crippen MR) is 97.0 cm³/mol. The molecule has 2 aromatic rings. The smallest absolute Gasteiger partial charge is 0.262 e. The van der Waals surface area contributed by atoms with Gasteiger partial charge in [0.05, 0.1) is 17.3 Å². The molecule has 0 bridgehead atoms. The van der Waals surface area contributed by atoms with Crippen molar-refractivity contribution in [2.75, 3.05) is 18.5 Å². The quantitative estimate of drug-likeness (QED) is 0.842. The van der Waals surface area contributed by atoms with Crippen molar-refractivity contribution in [2.24, 2.45) is 0 Å². The van der Waals surface area contributed by atoms with Crippen molar-refractivity contribution >= 4 is 23.2 Å². The third kappa shape index (κ3) is 4.17. The first kappa shape index (κ1) is 17.4. The number of fused-ring (bicyclic) bond motifs is 1. The standard InChI is InChI=1S/C19H20ClNO4/c1-3-23-18-9-13-8-12(2)25-17(13)10-15(18)21-19(22)11-24-16-7-5-4-6-14(16)20/h4-7,9-10,12H,3,8,11H2,1-2H3,(H,21,22). The van der Waals surface area contributed by atoms with Gasteiger partial charge in [0.15, 0.2) is 6.61 Å². The lowest BCUT2D eigenvalue weighted by Gasteiger charge is -2.14. The van der Waals surface area contributed by atoms with Gasteiger partial charge >= 0.3 is 0 Å². The third-order valence-electron chi connectivity index (χ3n) is 3.77. The van der Waals surface area contributed by atoms with Gasteiger partial charge in [-0.25, -0.2) is 0 Å². The molecule has 0 saturated heterocycles. The van der Waals surface area contributed by atoms with E-state index in [0.717, 1.165) is 17.7 Å². The Bertz CT molecular complexity index is 778. The minimum Gasteiger partial charge on any atom is -0.492 e. The first-order chi connectivity index (χ1) is 12.1. The number of carbonyl (C=O) groups excluding carboxylic acids is 1. The van der Waals surface area contributed by atoms with Crippen molar-refractivity contribution < 1.29 is 19.0 Å². The molecule has 0 spiro atoms. The van der Waals surface area contributed by atoms with Crippen LogP contribution in [0.25, 0.3) is 0 Å². The normalized spacial score (nSPS) is 15.2. The van der Waals surface area contributed by atoms with Gasteiger partial charge in [-0.3, -0.25) is 4.79 Å². The Labute approximate surface area is 151 Å². The van der Waals surface area contributed by atoms with Crippen molar-refractivity contribution in [3.8, 4) is 17.2 Å². The molecule has 0 aromatic heterocycles. The molecule has 1 atom stereocenters. The summed E-state index contributed by atoms with van der Waals surface area (Å²) in [5.74, 6) is 1.57. The van der Waals surface area contributed by atoms with Gasteiger partial charge in [-0.2, -0.15) is 0 Å². The Kier molecular flexibility index (Phi) is 5.34. The van der Waals surface area contributed by atoms with Gasteiger partial charge in [0.25, 0.3) is 5.91 Å². The first-order valence-electron chi connectivity index (χ1n) is 8.20. The monoisotopic (exact) mass is 361 g/mol. The summed E-state index contributed by atoms with van der Waals surface area (Å²) < 4.78 is 16.9. The van der Waals surface area contributed by atoms with E-state index in [9.17, 15) is 4.79 Å². The van der Waals surface area contributed by atoms with Crippen LogP contribution in [-0.4, -0.2) is 25.2 Å². The maximum atomic E-state index is 12.2. The second kappa shape index (κ2) is 7.66. The summed E-state index contributed by atoms with van der Waals surface area (Å²) in [6, 6.07) is 10.7. The average Bonchev–Trinajstić information content (AvgIpc) is 2.93. The zero-order chi connectivity index (χ0) is 17.8. The van der Waals surface area contributed by atoms with Crippen molar-refractivity contribution in [1.82, 2.24) is 0 Å². The van der Waals surface area contributed by atoms with Crippen LogP contribution in [-0.2, 0) is 11.2 Å².